The van der Waals surface area contributed by atoms with E-state index in [1.54, 1.807) is 18.0 Å². The van der Waals surface area contributed by atoms with Crippen molar-refractivity contribution >= 4 is 38.5 Å². The predicted molar refractivity (Wildman–Crippen MR) is 83.2 cm³/mol. The van der Waals surface area contributed by atoms with Crippen molar-refractivity contribution in [2.24, 2.45) is 0 Å². The molecule has 0 fully saturated rings. The number of hydrogen-bond donors (Lipinski definition) is 0. The van der Waals surface area contributed by atoms with Crippen molar-refractivity contribution in [3.05, 3.63) is 64.8 Å². The van der Waals surface area contributed by atoms with E-state index in [0.717, 1.165) is 20.6 Å². The minimum Gasteiger partial charge on any atom is -0.157 e. The normalized spacial score (nSPS) is 10.8. The number of rotatable bonds is 3. The lowest BCUT2D eigenvalue weighted by atomic mass is 10.2. The first-order chi connectivity index (χ1) is 9.33. The Morgan fingerprint density at radius 3 is 2.63 bits per heavy atom. The van der Waals surface area contributed by atoms with Gasteiger partial charge in [-0.2, -0.15) is 5.10 Å². The Balaban J connectivity index is 1.84. The van der Waals surface area contributed by atoms with Crippen molar-refractivity contribution in [2.75, 3.05) is 0 Å². The van der Waals surface area contributed by atoms with Crippen LogP contribution in [0.15, 0.2) is 64.2 Å². The Morgan fingerprint density at radius 1 is 1.00 bits per heavy atom. The van der Waals surface area contributed by atoms with Crippen LogP contribution in [0.25, 0.3) is 10.8 Å². The molecule has 0 aliphatic carbocycles. The zero-order valence-electron chi connectivity index (χ0n) is 10.1. The van der Waals surface area contributed by atoms with Gasteiger partial charge in [0.25, 0.3) is 0 Å². The average molecular weight is 331 g/mol. The minimum atomic E-state index is 0.899. The van der Waals surface area contributed by atoms with Gasteiger partial charge < -0.3 is 0 Å². The van der Waals surface area contributed by atoms with Gasteiger partial charge in [-0.3, -0.25) is 0 Å². The summed E-state index contributed by atoms with van der Waals surface area (Å²) < 4.78 is 1.10. The molecule has 0 saturated carbocycles. The van der Waals surface area contributed by atoms with E-state index < -0.39 is 0 Å². The maximum Gasteiger partial charge on any atom is 0.127 e. The molecule has 0 amide bonds. The Labute approximate surface area is 124 Å². The molecule has 0 saturated heterocycles. The number of fused-ring (bicyclic) bond motifs is 1. The summed E-state index contributed by atoms with van der Waals surface area (Å²) in [5.41, 5.74) is 1.28. The van der Waals surface area contributed by atoms with E-state index in [2.05, 4.69) is 62.5 Å². The highest BCUT2D eigenvalue weighted by Crippen LogP contribution is 2.27. The Kier molecular flexibility index (Phi) is 3.80. The van der Waals surface area contributed by atoms with Crippen molar-refractivity contribution < 1.29 is 0 Å². The smallest absolute Gasteiger partial charge is 0.127 e. The average Bonchev–Trinajstić information content (AvgIpc) is 2.47. The fourth-order valence-corrected chi connectivity index (χ4v) is 3.05. The van der Waals surface area contributed by atoms with Crippen LogP contribution in [-0.4, -0.2) is 10.2 Å². The number of aromatic nitrogens is 2. The van der Waals surface area contributed by atoms with Gasteiger partial charge in [0.15, 0.2) is 0 Å². The number of nitrogens with zero attached hydrogens (tertiary/aromatic N) is 2. The molecule has 0 bridgehead atoms. The molecule has 3 aromatic rings. The molecule has 0 unspecified atom stereocenters. The molecule has 0 aliphatic rings. The van der Waals surface area contributed by atoms with Crippen LogP contribution >= 0.6 is 27.7 Å². The lowest BCUT2D eigenvalue weighted by Gasteiger charge is -2.04. The van der Waals surface area contributed by atoms with Crippen LogP contribution in [0.2, 0.25) is 0 Å². The number of halogens is 1. The van der Waals surface area contributed by atoms with Crippen LogP contribution in [0.3, 0.4) is 0 Å². The van der Waals surface area contributed by atoms with Crippen molar-refractivity contribution in [3.8, 4) is 0 Å². The zero-order chi connectivity index (χ0) is 13.1. The van der Waals surface area contributed by atoms with Gasteiger partial charge in [0, 0.05) is 21.0 Å². The molecule has 0 radical (unpaired) electrons. The molecule has 94 valence electrons. The van der Waals surface area contributed by atoms with Crippen LogP contribution < -0.4 is 0 Å². The van der Waals surface area contributed by atoms with Crippen LogP contribution in [0.1, 0.15) is 5.56 Å². The van der Waals surface area contributed by atoms with Gasteiger partial charge in [0.1, 0.15) is 5.03 Å². The fraction of sp³-hybridized carbons (Fsp3) is 0.0667. The van der Waals surface area contributed by atoms with Crippen molar-refractivity contribution in [2.45, 2.75) is 10.8 Å². The standard InChI is InChI=1S/C15H11BrN2S/c16-13-7-5-11(6-8-13)10-19-15-14-4-2-1-3-12(14)9-17-18-15/h1-9H,10H2. The van der Waals surface area contributed by atoms with Crippen molar-refractivity contribution in [1.82, 2.24) is 10.2 Å². The molecule has 19 heavy (non-hydrogen) atoms. The second-order valence-corrected chi connectivity index (χ2v) is 6.03. The van der Waals surface area contributed by atoms with Crippen LogP contribution in [0, 0.1) is 0 Å². The minimum absolute atomic E-state index is 0.899. The van der Waals surface area contributed by atoms with E-state index in [-0.39, 0.29) is 0 Å². The molecule has 0 N–H and O–H groups in total. The second-order valence-electron chi connectivity index (χ2n) is 4.15. The summed E-state index contributed by atoms with van der Waals surface area (Å²) in [6, 6.07) is 16.6. The molecular weight excluding hydrogens is 320 g/mol. The largest absolute Gasteiger partial charge is 0.157 e. The maximum atomic E-state index is 4.24. The fourth-order valence-electron chi connectivity index (χ4n) is 1.84. The molecule has 0 aliphatic heterocycles. The molecule has 2 nitrogen and oxygen atoms in total. The number of hydrogen-bond acceptors (Lipinski definition) is 3. The van der Waals surface area contributed by atoms with E-state index in [0.29, 0.717) is 0 Å². The maximum absolute atomic E-state index is 4.24. The quantitative estimate of drug-likeness (QED) is 0.652. The van der Waals surface area contributed by atoms with Crippen molar-refractivity contribution in [1.29, 1.82) is 0 Å². The highest BCUT2D eigenvalue weighted by Gasteiger charge is 2.04. The number of thioether (sulfide) groups is 1. The number of benzene rings is 2. The molecule has 2 aromatic carbocycles. The first-order valence-electron chi connectivity index (χ1n) is 5.90. The third-order valence-corrected chi connectivity index (χ3v) is 4.41. The molecule has 0 spiro atoms. The Bertz CT molecular complexity index is 693. The van der Waals surface area contributed by atoms with Gasteiger partial charge in [0.05, 0.1) is 6.20 Å². The van der Waals surface area contributed by atoms with Gasteiger partial charge >= 0.3 is 0 Å². The highest BCUT2D eigenvalue weighted by atomic mass is 79.9. The molecular formula is C15H11BrN2S. The SMILES string of the molecule is Brc1ccc(CSc2nncc3ccccc23)cc1. The predicted octanol–water partition coefficient (Wildman–Crippen LogP) is 4.68. The topological polar surface area (TPSA) is 25.8 Å². The van der Waals surface area contributed by atoms with Gasteiger partial charge in [0.2, 0.25) is 0 Å². The van der Waals surface area contributed by atoms with E-state index in [4.69, 9.17) is 0 Å². The van der Waals surface area contributed by atoms with Gasteiger partial charge in [-0.25, -0.2) is 0 Å². The monoisotopic (exact) mass is 330 g/mol. The summed E-state index contributed by atoms with van der Waals surface area (Å²) in [5, 5.41) is 11.6. The summed E-state index contributed by atoms with van der Waals surface area (Å²) in [7, 11) is 0. The van der Waals surface area contributed by atoms with Crippen LogP contribution in [0.5, 0.6) is 0 Å². The van der Waals surface area contributed by atoms with E-state index in [1.165, 1.54) is 10.9 Å². The van der Waals surface area contributed by atoms with Crippen molar-refractivity contribution in [3.63, 3.8) is 0 Å². The third-order valence-electron chi connectivity index (χ3n) is 2.83. The van der Waals surface area contributed by atoms with E-state index in [1.807, 2.05) is 12.1 Å². The molecule has 3 rings (SSSR count). The van der Waals surface area contributed by atoms with Gasteiger partial charge in [-0.05, 0) is 17.7 Å². The highest BCUT2D eigenvalue weighted by molar-refractivity contribution is 9.10. The van der Waals surface area contributed by atoms with Gasteiger partial charge in [-0.1, -0.05) is 64.1 Å². The summed E-state index contributed by atoms with van der Waals surface area (Å²) in [6.07, 6.45) is 1.80. The van der Waals surface area contributed by atoms with Gasteiger partial charge in [-0.15, -0.1) is 5.10 Å². The van der Waals surface area contributed by atoms with Crippen LogP contribution in [-0.2, 0) is 5.75 Å². The third kappa shape index (κ3) is 2.96. The van der Waals surface area contributed by atoms with Crippen LogP contribution in [0.4, 0.5) is 0 Å². The molecule has 0 atom stereocenters. The zero-order valence-corrected chi connectivity index (χ0v) is 12.5. The molecule has 1 aromatic heterocycles. The Morgan fingerprint density at radius 2 is 1.79 bits per heavy atom. The lowest BCUT2D eigenvalue weighted by Crippen LogP contribution is -1.88. The summed E-state index contributed by atoms with van der Waals surface area (Å²) in [6.45, 7) is 0. The molecule has 1 heterocycles. The van der Waals surface area contributed by atoms with E-state index in [9.17, 15) is 0 Å². The second kappa shape index (κ2) is 5.72. The lowest BCUT2D eigenvalue weighted by molar-refractivity contribution is 0.955. The summed E-state index contributed by atoms with van der Waals surface area (Å²) >= 11 is 5.16. The van der Waals surface area contributed by atoms with E-state index >= 15 is 0 Å². The first kappa shape index (κ1) is 12.6. The summed E-state index contributed by atoms with van der Waals surface area (Å²) in [5.74, 6) is 0.899. The Hall–Kier alpha value is -1.39. The first-order valence-corrected chi connectivity index (χ1v) is 7.68. The summed E-state index contributed by atoms with van der Waals surface area (Å²) in [4.78, 5) is 0. The molecule has 4 heteroatoms.